The van der Waals surface area contributed by atoms with Gasteiger partial charge < -0.3 is 14.8 Å². The number of hydrogen-bond donors (Lipinski definition) is 1. The number of amides is 1. The van der Waals surface area contributed by atoms with Gasteiger partial charge in [-0.2, -0.15) is 4.39 Å². The first kappa shape index (κ1) is 12.7. The van der Waals surface area contributed by atoms with Crippen LogP contribution >= 0.6 is 11.6 Å². The summed E-state index contributed by atoms with van der Waals surface area (Å²) in [6.45, 7) is 0.0975. The molecule has 0 saturated carbocycles. The van der Waals surface area contributed by atoms with Crippen LogP contribution in [0.2, 0.25) is 5.02 Å². The lowest BCUT2D eigenvalue weighted by Gasteiger charge is -2.08. The molecule has 5 nitrogen and oxygen atoms in total. The minimum atomic E-state index is -0.845. The molecule has 0 atom stereocenters. The Hall–Kier alpha value is -2.34. The summed E-state index contributed by atoms with van der Waals surface area (Å²) in [6, 6.07) is 5.85. The lowest BCUT2D eigenvalue weighted by atomic mass is 10.2. The number of carbonyl (C=O) groups is 1. The third-order valence-corrected chi connectivity index (χ3v) is 3.03. The van der Waals surface area contributed by atoms with Crippen LogP contribution in [-0.4, -0.2) is 17.7 Å². The number of hydrogen-bond acceptors (Lipinski definition) is 4. The van der Waals surface area contributed by atoms with Crippen LogP contribution in [-0.2, 0) is 0 Å². The molecule has 1 aromatic heterocycles. The molecule has 7 heteroatoms. The Bertz CT molecular complexity index is 693. The number of carbonyl (C=O) groups excluding carboxylic acids is 1. The van der Waals surface area contributed by atoms with Crippen LogP contribution in [0.15, 0.2) is 30.5 Å². The van der Waals surface area contributed by atoms with Crippen molar-refractivity contribution in [1.29, 1.82) is 0 Å². The van der Waals surface area contributed by atoms with E-state index in [1.54, 1.807) is 0 Å². The first-order chi connectivity index (χ1) is 9.65. The van der Waals surface area contributed by atoms with E-state index >= 15 is 0 Å². The van der Waals surface area contributed by atoms with E-state index in [0.29, 0.717) is 17.2 Å². The Labute approximate surface area is 118 Å². The molecular weight excluding hydrogens is 287 g/mol. The van der Waals surface area contributed by atoms with Crippen molar-refractivity contribution in [3.05, 3.63) is 47.0 Å². The summed E-state index contributed by atoms with van der Waals surface area (Å²) >= 11 is 6.02. The zero-order valence-corrected chi connectivity index (χ0v) is 10.8. The van der Waals surface area contributed by atoms with Gasteiger partial charge in [0, 0.05) is 18.3 Å². The molecule has 0 spiro atoms. The molecule has 2 aromatic rings. The molecule has 0 radical (unpaired) electrons. The quantitative estimate of drug-likeness (QED) is 0.865. The molecule has 0 unspecified atom stereocenters. The lowest BCUT2D eigenvalue weighted by molar-refractivity contribution is 0.102. The fourth-order valence-corrected chi connectivity index (χ4v) is 1.96. The van der Waals surface area contributed by atoms with Crippen LogP contribution in [0.5, 0.6) is 11.5 Å². The van der Waals surface area contributed by atoms with Gasteiger partial charge in [0.25, 0.3) is 5.91 Å². The molecule has 1 amide bonds. The van der Waals surface area contributed by atoms with Gasteiger partial charge in [-0.05, 0) is 12.1 Å². The highest BCUT2D eigenvalue weighted by Crippen LogP contribution is 2.39. The number of fused-ring (bicyclic) bond motifs is 1. The summed E-state index contributed by atoms with van der Waals surface area (Å²) in [7, 11) is 0. The average molecular weight is 295 g/mol. The van der Waals surface area contributed by atoms with Crippen LogP contribution in [0.4, 0.5) is 10.1 Å². The number of nitrogens with zero attached hydrogens (tertiary/aromatic N) is 1. The molecule has 1 aromatic carbocycles. The maximum Gasteiger partial charge on any atom is 0.260 e. The molecule has 0 fully saturated rings. The number of halogens is 2. The minimum Gasteiger partial charge on any atom is -0.454 e. The second-order valence-corrected chi connectivity index (χ2v) is 4.39. The van der Waals surface area contributed by atoms with Crippen molar-refractivity contribution < 1.29 is 18.7 Å². The van der Waals surface area contributed by atoms with Crippen molar-refractivity contribution in [2.24, 2.45) is 0 Å². The highest BCUT2D eigenvalue weighted by molar-refractivity contribution is 6.34. The molecule has 0 aliphatic carbocycles. The van der Waals surface area contributed by atoms with Gasteiger partial charge in [0.15, 0.2) is 11.5 Å². The average Bonchev–Trinajstić information content (AvgIpc) is 2.86. The number of anilines is 1. The first-order valence-corrected chi connectivity index (χ1v) is 6.04. The van der Waals surface area contributed by atoms with Gasteiger partial charge in [0.05, 0.1) is 16.3 Å². The van der Waals surface area contributed by atoms with Crippen LogP contribution < -0.4 is 14.8 Å². The summed E-state index contributed by atoms with van der Waals surface area (Å²) in [5.74, 6) is -0.518. The summed E-state index contributed by atoms with van der Waals surface area (Å²) < 4.78 is 23.8. The Morgan fingerprint density at radius 2 is 2.10 bits per heavy atom. The van der Waals surface area contributed by atoms with Gasteiger partial charge >= 0.3 is 0 Å². The second kappa shape index (κ2) is 4.97. The molecular formula is C13H8ClFN2O3. The molecule has 0 bridgehead atoms. The van der Waals surface area contributed by atoms with Crippen molar-refractivity contribution in [2.45, 2.75) is 0 Å². The van der Waals surface area contributed by atoms with Crippen molar-refractivity contribution in [1.82, 2.24) is 4.98 Å². The third-order valence-electron chi connectivity index (χ3n) is 2.71. The lowest BCUT2D eigenvalue weighted by Crippen LogP contribution is -2.14. The van der Waals surface area contributed by atoms with Crippen molar-refractivity contribution in [3.63, 3.8) is 0 Å². The van der Waals surface area contributed by atoms with E-state index in [1.807, 2.05) is 0 Å². The topological polar surface area (TPSA) is 60.5 Å². The molecule has 0 saturated heterocycles. The molecule has 2 heterocycles. The zero-order chi connectivity index (χ0) is 14.1. The predicted molar refractivity (Wildman–Crippen MR) is 69.7 cm³/mol. The Morgan fingerprint density at radius 3 is 2.85 bits per heavy atom. The SMILES string of the molecule is O=C(Nc1cc2c(cc1Cl)OCO2)c1cccnc1F. The summed E-state index contributed by atoms with van der Waals surface area (Å²) in [5, 5.41) is 2.78. The molecule has 1 aliphatic heterocycles. The minimum absolute atomic E-state index is 0.0975. The number of rotatable bonds is 2. The largest absolute Gasteiger partial charge is 0.454 e. The predicted octanol–water partition coefficient (Wildman–Crippen LogP) is 2.86. The van der Waals surface area contributed by atoms with Crippen molar-refractivity contribution >= 4 is 23.2 Å². The third kappa shape index (κ3) is 2.25. The smallest absolute Gasteiger partial charge is 0.260 e. The fourth-order valence-electron chi connectivity index (χ4n) is 1.76. The van der Waals surface area contributed by atoms with E-state index < -0.39 is 11.9 Å². The highest BCUT2D eigenvalue weighted by Gasteiger charge is 2.19. The van der Waals surface area contributed by atoms with E-state index in [9.17, 15) is 9.18 Å². The number of aromatic nitrogens is 1. The van der Waals surface area contributed by atoms with Crippen LogP contribution in [0.1, 0.15) is 10.4 Å². The molecule has 1 N–H and O–H groups in total. The zero-order valence-electron chi connectivity index (χ0n) is 10.0. The Balaban J connectivity index is 1.88. The number of ether oxygens (including phenoxy) is 2. The maximum atomic E-state index is 13.4. The van der Waals surface area contributed by atoms with Gasteiger partial charge in [-0.1, -0.05) is 11.6 Å². The second-order valence-electron chi connectivity index (χ2n) is 3.98. The molecule has 1 aliphatic rings. The van der Waals surface area contributed by atoms with Crippen LogP contribution in [0, 0.1) is 5.95 Å². The Kier molecular flexibility index (Phi) is 3.15. The standard InChI is InChI=1S/C13H8ClFN2O3/c14-8-4-10-11(20-6-19-10)5-9(8)17-13(18)7-2-1-3-16-12(7)15/h1-5H,6H2,(H,17,18). The number of benzene rings is 1. The Morgan fingerprint density at radius 1 is 1.35 bits per heavy atom. The van der Waals surface area contributed by atoms with E-state index in [0.717, 1.165) is 0 Å². The van der Waals surface area contributed by atoms with Gasteiger partial charge in [-0.25, -0.2) is 4.98 Å². The number of pyridine rings is 1. The normalized spacial score (nSPS) is 12.3. The maximum absolute atomic E-state index is 13.4. The van der Waals surface area contributed by atoms with Crippen molar-refractivity contribution in [3.8, 4) is 11.5 Å². The summed E-state index contributed by atoms with van der Waals surface area (Å²) in [6.07, 6.45) is 1.26. The van der Waals surface area contributed by atoms with E-state index in [4.69, 9.17) is 21.1 Å². The van der Waals surface area contributed by atoms with E-state index in [-0.39, 0.29) is 17.4 Å². The van der Waals surface area contributed by atoms with E-state index in [2.05, 4.69) is 10.3 Å². The van der Waals surface area contributed by atoms with E-state index in [1.165, 1.54) is 30.5 Å². The molecule has 3 rings (SSSR count). The molecule has 102 valence electrons. The first-order valence-electron chi connectivity index (χ1n) is 5.66. The summed E-state index contributed by atoms with van der Waals surface area (Å²) in [4.78, 5) is 15.4. The van der Waals surface area contributed by atoms with Gasteiger partial charge in [0.2, 0.25) is 12.7 Å². The van der Waals surface area contributed by atoms with Crippen molar-refractivity contribution in [2.75, 3.05) is 12.1 Å². The van der Waals surface area contributed by atoms with Crippen LogP contribution in [0.3, 0.4) is 0 Å². The fraction of sp³-hybridized carbons (Fsp3) is 0.0769. The van der Waals surface area contributed by atoms with Gasteiger partial charge in [-0.3, -0.25) is 4.79 Å². The highest BCUT2D eigenvalue weighted by atomic mass is 35.5. The monoisotopic (exact) mass is 294 g/mol. The summed E-state index contributed by atoms with van der Waals surface area (Å²) in [5.41, 5.74) is 0.144. The number of nitrogens with one attached hydrogen (secondary N) is 1. The van der Waals surface area contributed by atoms with Gasteiger partial charge in [0.1, 0.15) is 0 Å². The molecule has 20 heavy (non-hydrogen) atoms. The van der Waals surface area contributed by atoms with Crippen LogP contribution in [0.25, 0.3) is 0 Å². The van der Waals surface area contributed by atoms with Gasteiger partial charge in [-0.15, -0.1) is 0 Å².